The van der Waals surface area contributed by atoms with E-state index in [-0.39, 0.29) is 12.2 Å². The second-order valence-electron chi connectivity index (χ2n) is 4.81. The molecular formula is C15H15N5O4. The van der Waals surface area contributed by atoms with Crippen molar-refractivity contribution in [1.82, 2.24) is 26.1 Å². The number of carbonyl (C=O) groups is 4. The summed E-state index contributed by atoms with van der Waals surface area (Å²) in [4.78, 5) is 52.3. The van der Waals surface area contributed by atoms with Crippen molar-refractivity contribution < 1.29 is 19.2 Å². The molecule has 2 rings (SSSR count). The fourth-order valence-corrected chi connectivity index (χ4v) is 2.01. The number of pyridine rings is 1. The van der Waals surface area contributed by atoms with Gasteiger partial charge in [0.25, 0.3) is 5.91 Å². The summed E-state index contributed by atoms with van der Waals surface area (Å²) >= 11 is 0. The average molecular weight is 329 g/mol. The highest BCUT2D eigenvalue weighted by atomic mass is 16.2. The lowest BCUT2D eigenvalue weighted by Gasteiger charge is -2.30. The Balaban J connectivity index is 2.04. The molecule has 0 saturated carbocycles. The van der Waals surface area contributed by atoms with E-state index >= 15 is 0 Å². The molecule has 1 aromatic rings. The highest BCUT2D eigenvalue weighted by Crippen LogP contribution is 2.15. The van der Waals surface area contributed by atoms with E-state index in [9.17, 15) is 19.2 Å². The first-order valence-corrected chi connectivity index (χ1v) is 6.88. The fraction of sp³-hybridized carbons (Fsp3) is 0.133. The molecule has 0 bridgehead atoms. The molecule has 24 heavy (non-hydrogen) atoms. The van der Waals surface area contributed by atoms with Crippen LogP contribution in [0.25, 0.3) is 0 Å². The van der Waals surface area contributed by atoms with Crippen LogP contribution in [0.1, 0.15) is 10.4 Å². The Kier molecular flexibility index (Phi) is 5.05. The Morgan fingerprint density at radius 1 is 1.29 bits per heavy atom. The second kappa shape index (κ2) is 7.18. The van der Waals surface area contributed by atoms with Gasteiger partial charge >= 0.3 is 6.03 Å². The lowest BCUT2D eigenvalue weighted by atomic mass is 10.0. The first-order valence-electron chi connectivity index (χ1n) is 6.88. The van der Waals surface area contributed by atoms with Crippen LogP contribution in [0.5, 0.6) is 0 Å². The molecule has 1 aliphatic rings. The van der Waals surface area contributed by atoms with Crippen molar-refractivity contribution >= 4 is 23.8 Å². The van der Waals surface area contributed by atoms with Gasteiger partial charge in [-0.15, -0.1) is 6.58 Å². The molecule has 9 heteroatoms. The molecule has 5 amide bonds. The minimum Gasteiger partial charge on any atom is -0.302 e. The summed E-state index contributed by atoms with van der Waals surface area (Å²) in [7, 11) is 0. The molecule has 2 heterocycles. The van der Waals surface area contributed by atoms with Crippen LogP contribution in [0.3, 0.4) is 0 Å². The SMILES string of the molecule is C=CCN1C(=O)NC(=O)[C@@H](C(=C)NNC(=O)c2ccncc2)C1=O. The predicted molar refractivity (Wildman–Crippen MR) is 82.9 cm³/mol. The molecule has 1 aliphatic heterocycles. The molecule has 3 N–H and O–H groups in total. The third-order valence-corrected chi connectivity index (χ3v) is 3.19. The smallest absolute Gasteiger partial charge is 0.302 e. The predicted octanol–water partition coefficient (Wildman–Crippen LogP) is -0.290. The number of hydrazine groups is 1. The number of nitrogens with zero attached hydrogens (tertiary/aromatic N) is 2. The van der Waals surface area contributed by atoms with E-state index < -0.39 is 29.7 Å². The molecule has 124 valence electrons. The maximum atomic E-state index is 12.3. The molecule has 1 saturated heterocycles. The number of rotatable bonds is 6. The van der Waals surface area contributed by atoms with Crippen LogP contribution >= 0.6 is 0 Å². The van der Waals surface area contributed by atoms with Crippen LogP contribution in [0.4, 0.5) is 4.79 Å². The third-order valence-electron chi connectivity index (χ3n) is 3.19. The van der Waals surface area contributed by atoms with Gasteiger partial charge < -0.3 is 5.43 Å². The Hall–Kier alpha value is -3.49. The van der Waals surface area contributed by atoms with Crippen LogP contribution in [-0.2, 0) is 9.59 Å². The van der Waals surface area contributed by atoms with E-state index in [1.165, 1.54) is 30.6 Å². The largest absolute Gasteiger partial charge is 0.331 e. The van der Waals surface area contributed by atoms with E-state index in [0.717, 1.165) is 4.90 Å². The van der Waals surface area contributed by atoms with Gasteiger partial charge in [0.2, 0.25) is 11.8 Å². The molecule has 1 fully saturated rings. The Bertz CT molecular complexity index is 716. The summed E-state index contributed by atoms with van der Waals surface area (Å²) in [5.41, 5.74) is 5.01. The molecule has 1 aromatic heterocycles. The topological polar surface area (TPSA) is 120 Å². The Morgan fingerprint density at radius 2 is 1.96 bits per heavy atom. The highest BCUT2D eigenvalue weighted by Gasteiger charge is 2.41. The van der Waals surface area contributed by atoms with E-state index in [0.29, 0.717) is 5.56 Å². The summed E-state index contributed by atoms with van der Waals surface area (Å²) in [6.45, 7) is 6.98. The van der Waals surface area contributed by atoms with Crippen molar-refractivity contribution in [1.29, 1.82) is 0 Å². The van der Waals surface area contributed by atoms with Crippen molar-refractivity contribution in [3.63, 3.8) is 0 Å². The van der Waals surface area contributed by atoms with E-state index in [2.05, 4.69) is 34.3 Å². The quantitative estimate of drug-likeness (QED) is 0.375. The van der Waals surface area contributed by atoms with Gasteiger partial charge in [-0.05, 0) is 12.1 Å². The van der Waals surface area contributed by atoms with Gasteiger partial charge in [-0.3, -0.25) is 35.0 Å². The minimum atomic E-state index is -1.35. The van der Waals surface area contributed by atoms with E-state index in [1.807, 2.05) is 0 Å². The number of amides is 5. The van der Waals surface area contributed by atoms with Crippen molar-refractivity contribution in [2.24, 2.45) is 5.92 Å². The second-order valence-corrected chi connectivity index (χ2v) is 4.81. The summed E-state index contributed by atoms with van der Waals surface area (Å²) in [6, 6.07) is 2.15. The summed E-state index contributed by atoms with van der Waals surface area (Å²) in [5.74, 6) is -3.41. The summed E-state index contributed by atoms with van der Waals surface area (Å²) in [5, 5.41) is 2.05. The van der Waals surface area contributed by atoms with Gasteiger partial charge in [-0.25, -0.2) is 4.79 Å². The normalized spacial score (nSPS) is 17.1. The molecule has 9 nitrogen and oxygen atoms in total. The fourth-order valence-electron chi connectivity index (χ4n) is 2.01. The Labute approximate surface area is 137 Å². The van der Waals surface area contributed by atoms with E-state index in [1.54, 1.807) is 0 Å². The molecular weight excluding hydrogens is 314 g/mol. The van der Waals surface area contributed by atoms with Crippen molar-refractivity contribution in [3.8, 4) is 0 Å². The zero-order valence-corrected chi connectivity index (χ0v) is 12.6. The first-order chi connectivity index (χ1) is 11.5. The Morgan fingerprint density at radius 3 is 2.58 bits per heavy atom. The van der Waals surface area contributed by atoms with E-state index in [4.69, 9.17) is 0 Å². The maximum absolute atomic E-state index is 12.3. The lowest BCUT2D eigenvalue weighted by molar-refractivity contribution is -0.140. The van der Waals surface area contributed by atoms with Gasteiger partial charge in [0, 0.05) is 30.2 Å². The standard InChI is InChI=1S/C15H15N5O4/c1-3-8-20-14(23)11(13(22)17-15(20)24)9(2)18-19-12(21)10-4-6-16-7-5-10/h3-7,11,18H,1-2,8H2,(H,19,21)(H,17,22,24)/t11-/m1/s1. The highest BCUT2D eigenvalue weighted by molar-refractivity contribution is 6.17. The first kappa shape index (κ1) is 16.9. The number of nitrogens with one attached hydrogen (secondary N) is 3. The number of hydrogen-bond acceptors (Lipinski definition) is 6. The van der Waals surface area contributed by atoms with Gasteiger partial charge in [0.15, 0.2) is 5.92 Å². The molecule has 0 aromatic carbocycles. The van der Waals surface area contributed by atoms with Crippen LogP contribution in [0, 0.1) is 5.92 Å². The average Bonchev–Trinajstić information content (AvgIpc) is 2.57. The van der Waals surface area contributed by atoms with Crippen molar-refractivity contribution in [2.75, 3.05) is 6.54 Å². The monoisotopic (exact) mass is 329 g/mol. The number of imide groups is 2. The molecule has 0 radical (unpaired) electrons. The number of aromatic nitrogens is 1. The summed E-state index contributed by atoms with van der Waals surface area (Å²) < 4.78 is 0. The zero-order chi connectivity index (χ0) is 17.7. The third kappa shape index (κ3) is 3.46. The van der Waals surface area contributed by atoms with Gasteiger partial charge in [-0.2, -0.15) is 0 Å². The van der Waals surface area contributed by atoms with Gasteiger partial charge in [0.1, 0.15) is 0 Å². The van der Waals surface area contributed by atoms with Crippen molar-refractivity contribution in [3.05, 3.63) is 55.0 Å². The summed E-state index contributed by atoms with van der Waals surface area (Å²) in [6.07, 6.45) is 4.24. The van der Waals surface area contributed by atoms with Crippen LogP contribution in [0.2, 0.25) is 0 Å². The van der Waals surface area contributed by atoms with Crippen LogP contribution in [0.15, 0.2) is 49.5 Å². The van der Waals surface area contributed by atoms with Gasteiger partial charge in [-0.1, -0.05) is 12.7 Å². The van der Waals surface area contributed by atoms with Gasteiger partial charge in [0.05, 0.1) is 0 Å². The number of barbiturate groups is 1. The number of urea groups is 1. The molecule has 0 aliphatic carbocycles. The minimum absolute atomic E-state index is 0.0505. The molecule has 1 atom stereocenters. The molecule has 0 spiro atoms. The van der Waals surface area contributed by atoms with Crippen LogP contribution < -0.4 is 16.2 Å². The maximum Gasteiger partial charge on any atom is 0.331 e. The zero-order valence-electron chi connectivity index (χ0n) is 12.6. The van der Waals surface area contributed by atoms with Crippen molar-refractivity contribution in [2.45, 2.75) is 0 Å². The number of carbonyl (C=O) groups excluding carboxylic acids is 4. The molecule has 0 unspecified atom stereocenters. The van der Waals surface area contributed by atoms with Crippen LogP contribution in [-0.4, -0.2) is 40.2 Å². The lowest BCUT2D eigenvalue weighted by Crippen LogP contribution is -2.59. The number of hydrogen-bond donors (Lipinski definition) is 3.